The van der Waals surface area contributed by atoms with Crippen molar-refractivity contribution in [1.29, 1.82) is 0 Å². The molecule has 0 aliphatic heterocycles. The Hall–Kier alpha value is -2.15. The Morgan fingerprint density at radius 2 is 1.80 bits per heavy atom. The number of H-pyrrole nitrogens is 1. The predicted octanol–water partition coefficient (Wildman–Crippen LogP) is -2.61. The number of aromatic nitrogens is 1. The highest BCUT2D eigenvalue weighted by Crippen LogP contribution is 1.98. The molecule has 15 heavy (non-hydrogen) atoms. The highest BCUT2D eigenvalue weighted by molar-refractivity contribution is 5.94. The second-order valence-electron chi connectivity index (χ2n) is 2.32. The molecule has 0 radical (unpaired) electrons. The highest BCUT2D eigenvalue weighted by atomic mass is 16.4. The van der Waals surface area contributed by atoms with E-state index >= 15 is 0 Å². The molecule has 0 unspecified atom stereocenters. The number of carbonyl (C=O) groups excluding carboxylic acids is 1. The van der Waals surface area contributed by atoms with Crippen molar-refractivity contribution in [3.8, 4) is 5.75 Å². The molecule has 1 heterocycles. The SMILES string of the molecule is O=C([O-])[C@@H](O)C(=O)O.Oc1cc[nH+]cc1. The third-order valence-electron chi connectivity index (χ3n) is 1.16. The summed E-state index contributed by atoms with van der Waals surface area (Å²) in [5.74, 6) is -3.53. The van der Waals surface area contributed by atoms with Crippen LogP contribution in [0.2, 0.25) is 0 Å². The maximum absolute atomic E-state index is 9.47. The fourth-order valence-electron chi connectivity index (χ4n) is 0.479. The number of carboxylic acids is 2. The minimum absolute atomic E-state index is 0.291. The fourth-order valence-corrected chi connectivity index (χ4v) is 0.479. The van der Waals surface area contributed by atoms with Gasteiger partial charge in [-0.2, -0.15) is 0 Å². The molecule has 82 valence electrons. The van der Waals surface area contributed by atoms with Gasteiger partial charge in [0.15, 0.2) is 18.5 Å². The number of rotatable bonds is 2. The second kappa shape index (κ2) is 6.33. The molecule has 1 aromatic rings. The van der Waals surface area contributed by atoms with E-state index in [-0.39, 0.29) is 0 Å². The number of nitrogens with one attached hydrogen (secondary N) is 1. The summed E-state index contributed by atoms with van der Waals surface area (Å²) in [6.45, 7) is 0. The number of aromatic amines is 1. The van der Waals surface area contributed by atoms with Crippen molar-refractivity contribution in [2.45, 2.75) is 6.10 Å². The van der Waals surface area contributed by atoms with Crippen LogP contribution in [-0.4, -0.2) is 33.4 Å². The minimum atomic E-state index is -2.41. The van der Waals surface area contributed by atoms with Crippen molar-refractivity contribution in [1.82, 2.24) is 0 Å². The van der Waals surface area contributed by atoms with E-state index in [0.29, 0.717) is 5.75 Å². The Morgan fingerprint density at radius 3 is 1.93 bits per heavy atom. The van der Waals surface area contributed by atoms with Gasteiger partial charge in [0, 0.05) is 12.1 Å². The minimum Gasteiger partial charge on any atom is -0.547 e. The van der Waals surface area contributed by atoms with Gasteiger partial charge in [0.1, 0.15) is 5.75 Å². The third-order valence-corrected chi connectivity index (χ3v) is 1.16. The first-order chi connectivity index (χ1) is 6.95. The second-order valence-corrected chi connectivity index (χ2v) is 2.32. The van der Waals surface area contributed by atoms with Crippen LogP contribution >= 0.6 is 0 Å². The summed E-state index contributed by atoms with van der Waals surface area (Å²) < 4.78 is 0. The molecule has 0 bridgehead atoms. The smallest absolute Gasteiger partial charge is 0.338 e. The molecule has 7 nitrogen and oxygen atoms in total. The number of aliphatic carboxylic acids is 2. The van der Waals surface area contributed by atoms with Crippen molar-refractivity contribution < 1.29 is 35.0 Å². The van der Waals surface area contributed by atoms with Crippen LogP contribution in [0.1, 0.15) is 0 Å². The van der Waals surface area contributed by atoms with E-state index in [0.717, 1.165) is 0 Å². The molecule has 7 heteroatoms. The maximum Gasteiger partial charge on any atom is 0.338 e. The summed E-state index contributed by atoms with van der Waals surface area (Å²) in [5.41, 5.74) is 0. The quantitative estimate of drug-likeness (QED) is 0.463. The van der Waals surface area contributed by atoms with Gasteiger partial charge in [-0.05, 0) is 0 Å². The Kier molecular flexibility index (Phi) is 5.42. The van der Waals surface area contributed by atoms with Crippen molar-refractivity contribution in [2.75, 3.05) is 0 Å². The maximum atomic E-state index is 9.47. The standard InChI is InChI=1S/C5H5NO.C3H4O5/c7-5-1-3-6-4-2-5;4-1(2(5)6)3(7)8/h1-4H,(H,6,7);1,4H,(H,5,6)(H,7,8). The summed E-state index contributed by atoms with van der Waals surface area (Å²) in [6, 6.07) is 3.17. The zero-order valence-corrected chi connectivity index (χ0v) is 7.45. The summed E-state index contributed by atoms with van der Waals surface area (Å²) in [7, 11) is 0. The number of pyridine rings is 1. The van der Waals surface area contributed by atoms with E-state index in [1.807, 2.05) is 0 Å². The fraction of sp³-hybridized carbons (Fsp3) is 0.125. The molecule has 0 saturated carbocycles. The van der Waals surface area contributed by atoms with Crippen LogP contribution in [0.15, 0.2) is 24.5 Å². The Morgan fingerprint density at radius 1 is 1.33 bits per heavy atom. The molecule has 4 N–H and O–H groups in total. The predicted molar refractivity (Wildman–Crippen MR) is 43.3 cm³/mol. The van der Waals surface area contributed by atoms with Crippen molar-refractivity contribution in [2.24, 2.45) is 0 Å². The van der Waals surface area contributed by atoms with E-state index in [1.54, 1.807) is 24.5 Å². The number of hydrogen-bond acceptors (Lipinski definition) is 5. The van der Waals surface area contributed by atoms with Crippen LogP contribution < -0.4 is 10.1 Å². The number of aliphatic hydroxyl groups excluding tert-OH is 1. The van der Waals surface area contributed by atoms with E-state index in [2.05, 4.69) is 4.98 Å². The number of carboxylic acid groups (broad SMARTS) is 2. The van der Waals surface area contributed by atoms with Crippen LogP contribution in [-0.2, 0) is 9.59 Å². The molecule has 1 aromatic heterocycles. The Labute approximate surface area is 84.3 Å². The first-order valence-corrected chi connectivity index (χ1v) is 3.72. The van der Waals surface area contributed by atoms with Gasteiger partial charge in [-0.15, -0.1) is 0 Å². The first kappa shape index (κ1) is 12.8. The van der Waals surface area contributed by atoms with Gasteiger partial charge in [-0.3, -0.25) is 0 Å². The molecule has 0 saturated heterocycles. The van der Waals surface area contributed by atoms with Crippen LogP contribution in [0.25, 0.3) is 0 Å². The monoisotopic (exact) mass is 215 g/mol. The first-order valence-electron chi connectivity index (χ1n) is 3.72. The summed E-state index contributed by atoms with van der Waals surface area (Å²) in [4.78, 5) is 21.6. The lowest BCUT2D eigenvalue weighted by Gasteiger charge is -2.02. The molecular formula is C8H9NO6. The lowest BCUT2D eigenvalue weighted by atomic mass is 10.4. The summed E-state index contributed by atoms with van der Waals surface area (Å²) in [6.07, 6.45) is 0.917. The largest absolute Gasteiger partial charge is 0.547 e. The van der Waals surface area contributed by atoms with E-state index in [9.17, 15) is 14.7 Å². The molecule has 0 fully saturated rings. The van der Waals surface area contributed by atoms with Gasteiger partial charge in [-0.25, -0.2) is 9.78 Å². The molecule has 0 aromatic carbocycles. The number of carbonyl (C=O) groups is 2. The molecule has 0 aliphatic carbocycles. The molecule has 1 rings (SSSR count). The summed E-state index contributed by atoms with van der Waals surface area (Å²) >= 11 is 0. The van der Waals surface area contributed by atoms with Gasteiger partial charge in [-0.1, -0.05) is 0 Å². The Bertz CT molecular complexity index is 311. The van der Waals surface area contributed by atoms with Gasteiger partial charge < -0.3 is 25.2 Å². The van der Waals surface area contributed by atoms with Crippen LogP contribution in [0.4, 0.5) is 0 Å². The molecule has 0 spiro atoms. The van der Waals surface area contributed by atoms with Gasteiger partial charge in [0.05, 0.1) is 5.97 Å². The van der Waals surface area contributed by atoms with E-state index in [1.165, 1.54) is 0 Å². The summed E-state index contributed by atoms with van der Waals surface area (Å²) in [5, 5.41) is 33.6. The van der Waals surface area contributed by atoms with Gasteiger partial charge in [0.2, 0.25) is 0 Å². The average molecular weight is 215 g/mol. The Balaban J connectivity index is 0.000000262. The normalized spacial score (nSPS) is 10.7. The molecule has 1 atom stereocenters. The molecular weight excluding hydrogens is 206 g/mol. The van der Waals surface area contributed by atoms with E-state index < -0.39 is 18.0 Å². The molecule has 0 amide bonds. The molecule has 0 aliphatic rings. The average Bonchev–Trinajstić information content (AvgIpc) is 2.18. The number of aromatic hydroxyl groups is 1. The van der Waals surface area contributed by atoms with Gasteiger partial charge in [0.25, 0.3) is 0 Å². The van der Waals surface area contributed by atoms with Crippen molar-refractivity contribution in [3.63, 3.8) is 0 Å². The highest BCUT2D eigenvalue weighted by Gasteiger charge is 2.12. The third kappa shape index (κ3) is 5.99. The van der Waals surface area contributed by atoms with E-state index in [4.69, 9.17) is 15.3 Å². The van der Waals surface area contributed by atoms with Crippen molar-refractivity contribution in [3.05, 3.63) is 24.5 Å². The van der Waals surface area contributed by atoms with Crippen LogP contribution in [0.5, 0.6) is 5.75 Å². The zero-order chi connectivity index (χ0) is 11.8. The zero-order valence-electron chi connectivity index (χ0n) is 7.45. The topological polar surface area (TPSA) is 132 Å². The van der Waals surface area contributed by atoms with Crippen molar-refractivity contribution >= 4 is 11.9 Å². The van der Waals surface area contributed by atoms with Crippen LogP contribution in [0, 0.1) is 0 Å². The van der Waals surface area contributed by atoms with Crippen LogP contribution in [0.3, 0.4) is 0 Å². The lowest BCUT2D eigenvalue weighted by molar-refractivity contribution is -0.378. The number of aliphatic hydroxyl groups is 1. The number of hydrogen-bond donors (Lipinski definition) is 3. The lowest BCUT2D eigenvalue weighted by Crippen LogP contribution is -2.40. The van der Waals surface area contributed by atoms with Gasteiger partial charge >= 0.3 is 5.97 Å².